The average molecular weight is 712 g/mol. The molecule has 8 aromatic carbocycles. The number of benzene rings is 8. The van der Waals surface area contributed by atoms with E-state index in [2.05, 4.69) is 212 Å². The van der Waals surface area contributed by atoms with Gasteiger partial charge < -0.3 is 9.80 Å². The van der Waals surface area contributed by atoms with E-state index in [4.69, 9.17) is 4.98 Å². The summed E-state index contributed by atoms with van der Waals surface area (Å²) in [5, 5.41) is 3.53. The van der Waals surface area contributed by atoms with Gasteiger partial charge in [-0.2, -0.15) is 0 Å². The van der Waals surface area contributed by atoms with Crippen molar-refractivity contribution in [1.29, 1.82) is 0 Å². The number of hydrogen-bond donors (Lipinski definition) is 0. The van der Waals surface area contributed by atoms with Crippen LogP contribution in [0.5, 0.6) is 0 Å². The Morgan fingerprint density at radius 2 is 0.963 bits per heavy atom. The number of nitrogens with zero attached hydrogens (tertiary/aromatic N) is 3. The van der Waals surface area contributed by atoms with E-state index in [0.29, 0.717) is 0 Å². The van der Waals surface area contributed by atoms with Gasteiger partial charge in [0.15, 0.2) is 0 Å². The van der Waals surface area contributed by atoms with Gasteiger partial charge in [0.1, 0.15) is 5.01 Å². The molecule has 0 fully saturated rings. The predicted molar refractivity (Wildman–Crippen MR) is 229 cm³/mol. The zero-order valence-electron chi connectivity index (χ0n) is 30.1. The maximum atomic E-state index is 5.38. The van der Waals surface area contributed by atoms with Gasteiger partial charge in [-0.15, -0.1) is 11.3 Å². The van der Waals surface area contributed by atoms with Gasteiger partial charge in [0.25, 0.3) is 0 Å². The van der Waals surface area contributed by atoms with Crippen molar-refractivity contribution in [2.45, 2.75) is 19.3 Å². The average Bonchev–Trinajstić information content (AvgIpc) is 3.75. The van der Waals surface area contributed by atoms with Crippen molar-refractivity contribution in [2.75, 3.05) is 9.80 Å². The molecule has 258 valence electrons. The zero-order chi connectivity index (χ0) is 36.2. The van der Waals surface area contributed by atoms with Gasteiger partial charge in [-0.05, 0) is 100 Å². The van der Waals surface area contributed by atoms with Gasteiger partial charge in [0.05, 0.1) is 15.9 Å². The van der Waals surface area contributed by atoms with E-state index in [0.717, 1.165) is 44.5 Å². The lowest BCUT2D eigenvalue weighted by molar-refractivity contribution is 0.662. The van der Waals surface area contributed by atoms with Crippen LogP contribution in [-0.2, 0) is 5.41 Å². The van der Waals surface area contributed by atoms with Crippen molar-refractivity contribution in [3.8, 4) is 21.7 Å². The molecule has 0 atom stereocenters. The maximum absolute atomic E-state index is 5.38. The molecule has 10 rings (SSSR count). The number of thiazole rings is 1. The zero-order valence-corrected chi connectivity index (χ0v) is 31.0. The van der Waals surface area contributed by atoms with E-state index in [1.54, 1.807) is 11.3 Å². The molecule has 4 heteroatoms. The van der Waals surface area contributed by atoms with Gasteiger partial charge >= 0.3 is 0 Å². The highest BCUT2D eigenvalue weighted by atomic mass is 32.1. The third-order valence-corrected chi connectivity index (χ3v) is 11.9. The first-order valence-electron chi connectivity index (χ1n) is 18.5. The SMILES string of the molecule is CC1(C)c2cc3ccccc3cc2-c2c1cc1nc(-c3ccccc3)sc1c2N(c1ccccc1)c1cccc(N(c2ccccc2)c2ccccc2)c1. The summed E-state index contributed by atoms with van der Waals surface area (Å²) < 4.78 is 1.17. The van der Waals surface area contributed by atoms with Crippen LogP contribution < -0.4 is 9.80 Å². The third-order valence-electron chi connectivity index (χ3n) is 10.8. The number of rotatable bonds is 7. The highest BCUT2D eigenvalue weighted by Gasteiger charge is 2.40. The summed E-state index contributed by atoms with van der Waals surface area (Å²) in [5.74, 6) is 0. The minimum atomic E-state index is -0.240. The van der Waals surface area contributed by atoms with Crippen molar-refractivity contribution >= 4 is 66.5 Å². The van der Waals surface area contributed by atoms with Crippen LogP contribution in [0.15, 0.2) is 188 Å². The molecule has 1 heterocycles. The molecule has 0 unspecified atom stereocenters. The summed E-state index contributed by atoms with van der Waals surface area (Å²) in [6.07, 6.45) is 0. The quantitative estimate of drug-likeness (QED) is 0.164. The number of hydrogen-bond acceptors (Lipinski definition) is 4. The van der Waals surface area contributed by atoms with Crippen LogP contribution in [-0.4, -0.2) is 4.98 Å². The van der Waals surface area contributed by atoms with Crippen LogP contribution in [0.1, 0.15) is 25.0 Å². The molecule has 0 aliphatic heterocycles. The van der Waals surface area contributed by atoms with Crippen molar-refractivity contribution in [1.82, 2.24) is 4.98 Å². The molecular formula is C50H37N3S. The Hall–Kier alpha value is -6.49. The fourth-order valence-corrected chi connectivity index (χ4v) is 9.29. The summed E-state index contributed by atoms with van der Waals surface area (Å²) in [4.78, 5) is 10.2. The Bertz CT molecular complexity index is 2750. The molecule has 1 aliphatic rings. The molecule has 0 bridgehead atoms. The van der Waals surface area contributed by atoms with Crippen LogP contribution in [0.3, 0.4) is 0 Å². The van der Waals surface area contributed by atoms with Crippen molar-refractivity contribution in [3.63, 3.8) is 0 Å². The van der Waals surface area contributed by atoms with Crippen molar-refractivity contribution in [3.05, 3.63) is 199 Å². The largest absolute Gasteiger partial charge is 0.310 e. The summed E-state index contributed by atoms with van der Waals surface area (Å²) in [6, 6.07) is 67.6. The predicted octanol–water partition coefficient (Wildman–Crippen LogP) is 14.4. The molecule has 0 radical (unpaired) electrons. The summed E-state index contributed by atoms with van der Waals surface area (Å²) in [7, 11) is 0. The first-order chi connectivity index (χ1) is 26.5. The van der Waals surface area contributed by atoms with E-state index in [9.17, 15) is 0 Å². The highest BCUT2D eigenvalue weighted by molar-refractivity contribution is 7.22. The molecule has 1 aromatic heterocycles. The van der Waals surface area contributed by atoms with Crippen LogP contribution in [0.25, 0.3) is 42.7 Å². The number of anilines is 6. The highest BCUT2D eigenvalue weighted by Crippen LogP contribution is 2.58. The lowest BCUT2D eigenvalue weighted by Gasteiger charge is -2.31. The normalized spacial score (nSPS) is 12.8. The molecule has 54 heavy (non-hydrogen) atoms. The van der Waals surface area contributed by atoms with Crippen molar-refractivity contribution < 1.29 is 0 Å². The minimum absolute atomic E-state index is 0.240. The van der Waals surface area contributed by atoms with Gasteiger partial charge in [0, 0.05) is 45.0 Å². The van der Waals surface area contributed by atoms with Crippen LogP contribution in [0, 0.1) is 0 Å². The van der Waals surface area contributed by atoms with E-state index < -0.39 is 0 Å². The number of aromatic nitrogens is 1. The van der Waals surface area contributed by atoms with Gasteiger partial charge in [0.2, 0.25) is 0 Å². The lowest BCUT2D eigenvalue weighted by atomic mass is 9.81. The summed E-state index contributed by atoms with van der Waals surface area (Å²) in [5.41, 5.74) is 13.7. The van der Waals surface area contributed by atoms with E-state index in [-0.39, 0.29) is 5.41 Å². The minimum Gasteiger partial charge on any atom is -0.310 e. The number of fused-ring (bicyclic) bond motifs is 5. The van der Waals surface area contributed by atoms with Crippen molar-refractivity contribution in [2.24, 2.45) is 0 Å². The second-order valence-electron chi connectivity index (χ2n) is 14.4. The Balaban J connectivity index is 1.29. The summed E-state index contributed by atoms with van der Waals surface area (Å²) in [6.45, 7) is 4.75. The molecule has 0 spiro atoms. The fourth-order valence-electron chi connectivity index (χ4n) is 8.20. The van der Waals surface area contributed by atoms with Gasteiger partial charge in [-0.1, -0.05) is 129 Å². The third kappa shape index (κ3) is 5.29. The second kappa shape index (κ2) is 12.9. The van der Waals surface area contributed by atoms with Crippen LogP contribution in [0.4, 0.5) is 34.1 Å². The van der Waals surface area contributed by atoms with E-state index in [1.807, 2.05) is 0 Å². The van der Waals surface area contributed by atoms with E-state index in [1.165, 1.54) is 43.4 Å². The van der Waals surface area contributed by atoms with Gasteiger partial charge in [-0.3, -0.25) is 0 Å². The maximum Gasteiger partial charge on any atom is 0.124 e. The molecule has 0 amide bonds. The topological polar surface area (TPSA) is 19.4 Å². The Labute approximate surface area is 320 Å². The fraction of sp³-hybridized carbons (Fsp3) is 0.0600. The monoisotopic (exact) mass is 711 g/mol. The Morgan fingerprint density at radius 1 is 0.463 bits per heavy atom. The molecule has 9 aromatic rings. The number of para-hydroxylation sites is 3. The van der Waals surface area contributed by atoms with E-state index >= 15 is 0 Å². The van der Waals surface area contributed by atoms with Crippen LogP contribution >= 0.6 is 11.3 Å². The molecule has 0 N–H and O–H groups in total. The molecule has 1 aliphatic carbocycles. The Kier molecular flexibility index (Phi) is 7.67. The molecule has 3 nitrogen and oxygen atoms in total. The van der Waals surface area contributed by atoms with Crippen LogP contribution in [0.2, 0.25) is 0 Å². The first kappa shape index (κ1) is 32.2. The second-order valence-corrected chi connectivity index (χ2v) is 15.4. The lowest BCUT2D eigenvalue weighted by Crippen LogP contribution is -2.16. The standard InChI is InChI=1S/C50H37N3S/c1-50(2)43-31-36-21-16-15-20-35(36)30-42(43)46-44(50)33-45-48(54-49(51-45)34-18-7-3-8-19-34)47(46)53(39-26-13-6-14-27-39)41-29-17-28-40(32-41)52(37-22-9-4-10-23-37)38-24-11-5-12-25-38/h3-33H,1-2H3. The molecular weight excluding hydrogens is 675 g/mol. The Morgan fingerprint density at radius 3 is 1.57 bits per heavy atom. The van der Waals surface area contributed by atoms with Gasteiger partial charge in [-0.25, -0.2) is 4.98 Å². The first-order valence-corrected chi connectivity index (χ1v) is 19.3. The smallest absolute Gasteiger partial charge is 0.124 e. The molecule has 0 saturated carbocycles. The molecule has 0 saturated heterocycles. The summed E-state index contributed by atoms with van der Waals surface area (Å²) >= 11 is 1.78.